The first-order valence-electron chi connectivity index (χ1n) is 7.46. The third-order valence-electron chi connectivity index (χ3n) is 3.76. The zero-order valence-electron chi connectivity index (χ0n) is 15.8. The van der Waals surface area contributed by atoms with Crippen molar-refractivity contribution in [3.63, 3.8) is 0 Å². The summed E-state index contributed by atoms with van der Waals surface area (Å²) in [6, 6.07) is 10.5. The molecule has 3 aromatic rings. The normalized spacial score (nSPS) is 11.8. The molecule has 0 aliphatic rings. The molecule has 0 fully saturated rings. The number of fused-ring (bicyclic) bond motifs is 1. The molecule has 0 heterocycles. The van der Waals surface area contributed by atoms with Gasteiger partial charge in [-0.15, -0.1) is 5.11 Å². The summed E-state index contributed by atoms with van der Waals surface area (Å²) in [7, 11) is -10.1. The van der Waals surface area contributed by atoms with Gasteiger partial charge >= 0.3 is 59.1 Å². The van der Waals surface area contributed by atoms with E-state index in [1.165, 1.54) is 12.1 Å². The van der Waals surface area contributed by atoms with Crippen molar-refractivity contribution in [2.24, 2.45) is 10.2 Å². The van der Waals surface area contributed by atoms with Crippen molar-refractivity contribution in [3.05, 3.63) is 48.5 Å². The van der Waals surface area contributed by atoms with Gasteiger partial charge in [-0.1, -0.05) is 23.9 Å². The SMILES string of the molecule is Nc1ccc(S(=O)(=O)[O-])c2cc(S(=O)(=O)O)c(N=Nc3ccccc3)c([O-])c12.[Na+].[Na+]. The van der Waals surface area contributed by atoms with Crippen LogP contribution in [-0.4, -0.2) is 25.9 Å². The van der Waals surface area contributed by atoms with Gasteiger partial charge in [-0.3, -0.25) is 4.55 Å². The van der Waals surface area contributed by atoms with Crippen molar-refractivity contribution in [1.29, 1.82) is 0 Å². The molecule has 0 radical (unpaired) electrons. The molecular weight excluding hydrogens is 456 g/mol. The van der Waals surface area contributed by atoms with E-state index in [4.69, 9.17) is 5.73 Å². The third kappa shape index (κ3) is 5.59. The fourth-order valence-corrected chi connectivity index (χ4v) is 3.87. The number of nitrogens with two attached hydrogens (primary N) is 1. The van der Waals surface area contributed by atoms with E-state index >= 15 is 0 Å². The van der Waals surface area contributed by atoms with Gasteiger partial charge in [0.2, 0.25) is 0 Å². The van der Waals surface area contributed by atoms with Crippen LogP contribution in [0.5, 0.6) is 5.75 Å². The van der Waals surface area contributed by atoms with Crippen molar-refractivity contribution < 1.29 is 90.2 Å². The van der Waals surface area contributed by atoms with Crippen LogP contribution in [0.2, 0.25) is 0 Å². The zero-order chi connectivity index (χ0) is 20.7. The summed E-state index contributed by atoms with van der Waals surface area (Å²) in [5, 5.41) is 19.2. The molecule has 3 N–H and O–H groups in total. The monoisotopic (exact) mass is 467 g/mol. The number of nitrogens with zero attached hydrogens (tertiary/aromatic N) is 2. The average Bonchev–Trinajstić information content (AvgIpc) is 2.59. The van der Waals surface area contributed by atoms with Crippen LogP contribution in [0, 0.1) is 0 Å². The molecule has 10 nitrogen and oxygen atoms in total. The van der Waals surface area contributed by atoms with Crippen LogP contribution in [0.1, 0.15) is 0 Å². The standard InChI is InChI=1S/C16H13N3O7S2.2Na/c17-11-6-7-12(27(21,22)23)10-8-13(28(24,25)26)15(16(20)14(10)11)19-18-9-4-2-1-3-5-9;;/h1-8,20H,17H2,(H,21,22,23)(H,24,25,26);;/q;2*+1/p-2. The Kier molecular flexibility index (Phi) is 9.03. The Bertz CT molecular complexity index is 1330. The molecule has 14 heteroatoms. The molecule has 3 aromatic carbocycles. The Morgan fingerprint density at radius 3 is 2.03 bits per heavy atom. The molecule has 0 unspecified atom stereocenters. The summed E-state index contributed by atoms with van der Waals surface area (Å²) in [6.07, 6.45) is 0. The molecule has 0 saturated carbocycles. The molecule has 146 valence electrons. The Morgan fingerprint density at radius 1 is 0.900 bits per heavy atom. The second-order valence-corrected chi connectivity index (χ2v) is 8.33. The molecule has 0 saturated heterocycles. The first-order chi connectivity index (χ1) is 13.0. The molecule has 30 heavy (non-hydrogen) atoms. The second kappa shape index (κ2) is 10.0. The Balaban J connectivity index is 0.00000225. The number of hydrogen-bond donors (Lipinski definition) is 2. The first-order valence-corrected chi connectivity index (χ1v) is 10.3. The van der Waals surface area contributed by atoms with Crippen LogP contribution in [0.4, 0.5) is 17.1 Å². The van der Waals surface area contributed by atoms with E-state index in [1.54, 1.807) is 18.2 Å². The van der Waals surface area contributed by atoms with Crippen LogP contribution < -0.4 is 70.0 Å². The van der Waals surface area contributed by atoms with E-state index in [2.05, 4.69) is 10.2 Å². The molecule has 0 spiro atoms. The molecule has 0 aliphatic heterocycles. The van der Waals surface area contributed by atoms with Crippen molar-refractivity contribution >= 4 is 48.1 Å². The number of azo groups is 1. The van der Waals surface area contributed by atoms with Crippen LogP contribution in [0.3, 0.4) is 0 Å². The topological polar surface area (TPSA) is 185 Å². The number of benzene rings is 3. The fraction of sp³-hybridized carbons (Fsp3) is 0. The van der Waals surface area contributed by atoms with Gasteiger partial charge in [0, 0.05) is 16.5 Å². The quantitative estimate of drug-likeness (QED) is 0.169. The molecule has 0 atom stereocenters. The smallest absolute Gasteiger partial charge is 0.870 e. The van der Waals surface area contributed by atoms with Gasteiger partial charge in [0.15, 0.2) is 0 Å². The Hall–Kier alpha value is -1.06. The van der Waals surface area contributed by atoms with Gasteiger partial charge in [0.05, 0.1) is 16.3 Å². The van der Waals surface area contributed by atoms with E-state index in [1.807, 2.05) is 0 Å². The Labute approximate surface area is 216 Å². The number of nitrogen functional groups attached to an aromatic ring is 1. The van der Waals surface area contributed by atoms with E-state index < -0.39 is 52.2 Å². The van der Waals surface area contributed by atoms with Gasteiger partial charge in [-0.2, -0.15) is 13.5 Å². The van der Waals surface area contributed by atoms with Gasteiger partial charge in [0.25, 0.3) is 10.1 Å². The van der Waals surface area contributed by atoms with Crippen molar-refractivity contribution in [2.75, 3.05) is 5.73 Å². The second-order valence-electron chi connectivity index (χ2n) is 5.59. The first kappa shape index (κ1) is 27.0. The van der Waals surface area contributed by atoms with Crippen molar-refractivity contribution in [3.8, 4) is 5.75 Å². The molecule has 0 amide bonds. The summed E-state index contributed by atoms with van der Waals surface area (Å²) >= 11 is 0. The minimum Gasteiger partial charge on any atom is -0.870 e. The largest absolute Gasteiger partial charge is 1.00 e. The van der Waals surface area contributed by atoms with E-state index in [0.717, 1.165) is 12.1 Å². The summed E-state index contributed by atoms with van der Waals surface area (Å²) in [5.74, 6) is -1.10. The van der Waals surface area contributed by atoms with Crippen LogP contribution >= 0.6 is 0 Å². The predicted octanol–water partition coefficient (Wildman–Crippen LogP) is -3.93. The molecule has 0 aromatic heterocycles. The maximum atomic E-state index is 12.8. The molecule has 0 bridgehead atoms. The van der Waals surface area contributed by atoms with Crippen LogP contribution in [-0.2, 0) is 20.2 Å². The predicted molar refractivity (Wildman–Crippen MR) is 96.2 cm³/mol. The summed E-state index contributed by atoms with van der Waals surface area (Å²) < 4.78 is 67.4. The number of hydrogen-bond acceptors (Lipinski definition) is 9. The maximum Gasteiger partial charge on any atom is 1.00 e. The number of rotatable bonds is 4. The minimum absolute atomic E-state index is 0. The third-order valence-corrected chi connectivity index (χ3v) is 5.52. The van der Waals surface area contributed by atoms with Gasteiger partial charge in [0.1, 0.15) is 15.0 Å². The zero-order valence-corrected chi connectivity index (χ0v) is 21.4. The van der Waals surface area contributed by atoms with Gasteiger partial charge in [-0.25, -0.2) is 8.42 Å². The summed E-state index contributed by atoms with van der Waals surface area (Å²) in [5.41, 5.74) is 5.03. The van der Waals surface area contributed by atoms with Gasteiger partial charge in [-0.05, 0) is 30.3 Å². The Morgan fingerprint density at radius 2 is 1.50 bits per heavy atom. The van der Waals surface area contributed by atoms with E-state index in [9.17, 15) is 31.0 Å². The fourth-order valence-electron chi connectivity index (χ4n) is 2.56. The number of anilines is 1. The van der Waals surface area contributed by atoms with Crippen LogP contribution in [0.15, 0.2) is 68.6 Å². The van der Waals surface area contributed by atoms with Crippen LogP contribution in [0.25, 0.3) is 10.8 Å². The average molecular weight is 467 g/mol. The van der Waals surface area contributed by atoms with Crippen molar-refractivity contribution in [1.82, 2.24) is 0 Å². The molecular formula is C16H11N3Na2O7S2. The molecule has 3 rings (SSSR count). The van der Waals surface area contributed by atoms with E-state index in [0.29, 0.717) is 6.07 Å². The minimum atomic E-state index is -5.07. The van der Waals surface area contributed by atoms with E-state index in [-0.39, 0.29) is 70.5 Å². The summed E-state index contributed by atoms with van der Waals surface area (Å²) in [6.45, 7) is 0. The maximum absolute atomic E-state index is 12.8. The molecule has 0 aliphatic carbocycles. The van der Waals surface area contributed by atoms with Gasteiger partial charge < -0.3 is 15.4 Å². The van der Waals surface area contributed by atoms with Crippen molar-refractivity contribution in [2.45, 2.75) is 9.79 Å². The summed E-state index contributed by atoms with van der Waals surface area (Å²) in [4.78, 5) is -1.86.